The second-order valence-corrected chi connectivity index (χ2v) is 5.18. The molecule has 0 aromatic heterocycles. The number of amides is 1. The van der Waals surface area contributed by atoms with Gasteiger partial charge in [0.05, 0.1) is 12.0 Å². The first-order chi connectivity index (χ1) is 7.44. The summed E-state index contributed by atoms with van der Waals surface area (Å²) in [4.78, 5) is 11.1. The van der Waals surface area contributed by atoms with Gasteiger partial charge in [0.15, 0.2) is 0 Å². The molecule has 0 rings (SSSR count). The molecule has 0 radical (unpaired) electrons. The summed E-state index contributed by atoms with van der Waals surface area (Å²) in [5.74, 6) is 0.317. The third-order valence-corrected chi connectivity index (χ3v) is 3.03. The average molecular weight is 229 g/mol. The molecular weight excluding hydrogens is 202 g/mol. The molecule has 3 nitrogen and oxygen atoms in total. The SMILES string of the molecule is CCCCC(CC)COCC(C)(C)C(N)=O. The third kappa shape index (κ3) is 6.11. The molecule has 96 valence electrons. The van der Waals surface area contributed by atoms with Crippen molar-refractivity contribution in [3.05, 3.63) is 0 Å². The lowest BCUT2D eigenvalue weighted by Crippen LogP contribution is -2.36. The molecule has 0 aromatic carbocycles. The van der Waals surface area contributed by atoms with Gasteiger partial charge in [0.2, 0.25) is 5.91 Å². The topological polar surface area (TPSA) is 52.3 Å². The molecule has 2 N–H and O–H groups in total. The summed E-state index contributed by atoms with van der Waals surface area (Å²) in [6.07, 6.45) is 4.82. The Hall–Kier alpha value is -0.570. The van der Waals surface area contributed by atoms with Gasteiger partial charge in [0.1, 0.15) is 0 Å². The van der Waals surface area contributed by atoms with Crippen molar-refractivity contribution in [1.82, 2.24) is 0 Å². The van der Waals surface area contributed by atoms with E-state index in [1.165, 1.54) is 19.3 Å². The Bertz CT molecular complexity index is 202. The molecule has 0 spiro atoms. The fourth-order valence-corrected chi connectivity index (χ4v) is 1.45. The van der Waals surface area contributed by atoms with E-state index in [4.69, 9.17) is 10.5 Å². The summed E-state index contributed by atoms with van der Waals surface area (Å²) in [7, 11) is 0. The van der Waals surface area contributed by atoms with E-state index in [0.29, 0.717) is 12.5 Å². The van der Waals surface area contributed by atoms with E-state index in [9.17, 15) is 4.79 Å². The Labute approximate surface area is 99.7 Å². The second kappa shape index (κ2) is 7.66. The zero-order chi connectivity index (χ0) is 12.6. The maximum absolute atomic E-state index is 11.1. The summed E-state index contributed by atoms with van der Waals surface area (Å²) in [5, 5.41) is 0. The van der Waals surface area contributed by atoms with Crippen LogP contribution in [-0.2, 0) is 9.53 Å². The summed E-state index contributed by atoms with van der Waals surface area (Å²) < 4.78 is 5.61. The molecule has 3 heteroatoms. The molecule has 0 aliphatic rings. The van der Waals surface area contributed by atoms with Crippen molar-refractivity contribution in [2.45, 2.75) is 53.4 Å². The van der Waals surface area contributed by atoms with Crippen LogP contribution in [0.4, 0.5) is 0 Å². The molecule has 1 atom stereocenters. The van der Waals surface area contributed by atoms with Crippen LogP contribution in [0, 0.1) is 11.3 Å². The van der Waals surface area contributed by atoms with Crippen LogP contribution in [0.3, 0.4) is 0 Å². The first kappa shape index (κ1) is 15.4. The number of rotatable bonds is 9. The van der Waals surface area contributed by atoms with Crippen molar-refractivity contribution in [3.8, 4) is 0 Å². The van der Waals surface area contributed by atoms with Crippen molar-refractivity contribution < 1.29 is 9.53 Å². The summed E-state index contributed by atoms with van der Waals surface area (Å²) in [6, 6.07) is 0. The van der Waals surface area contributed by atoms with Gasteiger partial charge in [-0.2, -0.15) is 0 Å². The minimum atomic E-state index is -0.553. The van der Waals surface area contributed by atoms with Gasteiger partial charge in [-0.25, -0.2) is 0 Å². The first-order valence-corrected chi connectivity index (χ1v) is 6.31. The molecule has 1 unspecified atom stereocenters. The molecule has 0 aliphatic heterocycles. The Morgan fingerprint density at radius 1 is 1.38 bits per heavy atom. The van der Waals surface area contributed by atoms with Crippen molar-refractivity contribution in [2.24, 2.45) is 17.1 Å². The molecule has 1 amide bonds. The monoisotopic (exact) mass is 229 g/mol. The van der Waals surface area contributed by atoms with Gasteiger partial charge in [-0.05, 0) is 26.2 Å². The fraction of sp³-hybridized carbons (Fsp3) is 0.923. The highest BCUT2D eigenvalue weighted by Gasteiger charge is 2.25. The number of ether oxygens (including phenoxy) is 1. The maximum atomic E-state index is 11.1. The zero-order valence-corrected chi connectivity index (χ0v) is 11.2. The standard InChI is InChI=1S/C13H27NO2/c1-5-7-8-11(6-2)9-16-10-13(3,4)12(14)15/h11H,5-10H2,1-4H3,(H2,14,15). The molecule has 0 fully saturated rings. The number of nitrogens with two attached hydrogens (primary N) is 1. The summed E-state index contributed by atoms with van der Waals surface area (Å²) in [6.45, 7) is 9.19. The Morgan fingerprint density at radius 2 is 2.00 bits per heavy atom. The van der Waals surface area contributed by atoms with E-state index in [2.05, 4.69) is 13.8 Å². The highest BCUT2D eigenvalue weighted by atomic mass is 16.5. The second-order valence-electron chi connectivity index (χ2n) is 5.18. The largest absolute Gasteiger partial charge is 0.380 e. The van der Waals surface area contributed by atoms with Crippen LogP contribution in [0.2, 0.25) is 0 Å². The van der Waals surface area contributed by atoms with E-state index >= 15 is 0 Å². The van der Waals surface area contributed by atoms with Gasteiger partial charge >= 0.3 is 0 Å². The number of carbonyl (C=O) groups excluding carboxylic acids is 1. The van der Waals surface area contributed by atoms with E-state index in [1.54, 1.807) is 0 Å². The minimum Gasteiger partial charge on any atom is -0.380 e. The van der Waals surface area contributed by atoms with Crippen molar-refractivity contribution in [1.29, 1.82) is 0 Å². The Balaban J connectivity index is 3.81. The predicted molar refractivity (Wildman–Crippen MR) is 67.1 cm³/mol. The lowest BCUT2D eigenvalue weighted by molar-refractivity contribution is -0.129. The number of primary amides is 1. The van der Waals surface area contributed by atoms with Gasteiger partial charge in [0, 0.05) is 6.61 Å². The van der Waals surface area contributed by atoms with Gasteiger partial charge in [0.25, 0.3) is 0 Å². The van der Waals surface area contributed by atoms with Crippen LogP contribution < -0.4 is 5.73 Å². The van der Waals surface area contributed by atoms with Gasteiger partial charge in [-0.3, -0.25) is 4.79 Å². The van der Waals surface area contributed by atoms with Gasteiger partial charge < -0.3 is 10.5 Å². The molecule has 0 aromatic rings. The van der Waals surface area contributed by atoms with Gasteiger partial charge in [-0.15, -0.1) is 0 Å². The van der Waals surface area contributed by atoms with Crippen molar-refractivity contribution in [2.75, 3.05) is 13.2 Å². The minimum absolute atomic E-state index is 0.297. The zero-order valence-electron chi connectivity index (χ0n) is 11.2. The number of carbonyl (C=O) groups is 1. The number of unbranched alkanes of at least 4 members (excludes halogenated alkanes) is 1. The van der Waals surface area contributed by atoms with Crippen LogP contribution in [0.15, 0.2) is 0 Å². The Kier molecular flexibility index (Phi) is 7.39. The molecule has 0 aliphatic carbocycles. The summed E-state index contributed by atoms with van der Waals surface area (Å²) in [5.41, 5.74) is 4.73. The summed E-state index contributed by atoms with van der Waals surface area (Å²) >= 11 is 0. The van der Waals surface area contributed by atoms with Gasteiger partial charge in [-0.1, -0.05) is 33.1 Å². The predicted octanol–water partition coefficient (Wildman–Crippen LogP) is 2.73. The molecule has 16 heavy (non-hydrogen) atoms. The van der Waals surface area contributed by atoms with Crippen LogP contribution in [0.25, 0.3) is 0 Å². The number of hydrogen-bond acceptors (Lipinski definition) is 2. The molecule has 0 heterocycles. The van der Waals surface area contributed by atoms with Crippen LogP contribution in [0.5, 0.6) is 0 Å². The first-order valence-electron chi connectivity index (χ1n) is 6.31. The quantitative estimate of drug-likeness (QED) is 0.661. The number of hydrogen-bond donors (Lipinski definition) is 1. The fourth-order valence-electron chi connectivity index (χ4n) is 1.45. The lowest BCUT2D eigenvalue weighted by Gasteiger charge is -2.22. The van der Waals surface area contributed by atoms with E-state index in [-0.39, 0.29) is 5.91 Å². The van der Waals surface area contributed by atoms with Crippen LogP contribution in [-0.4, -0.2) is 19.1 Å². The lowest BCUT2D eigenvalue weighted by atomic mass is 9.94. The van der Waals surface area contributed by atoms with E-state index < -0.39 is 5.41 Å². The van der Waals surface area contributed by atoms with E-state index in [1.807, 2.05) is 13.8 Å². The Morgan fingerprint density at radius 3 is 2.44 bits per heavy atom. The molecular formula is C13H27NO2. The van der Waals surface area contributed by atoms with Crippen LogP contribution in [0.1, 0.15) is 53.4 Å². The molecule has 0 bridgehead atoms. The molecule has 0 saturated carbocycles. The van der Waals surface area contributed by atoms with Crippen molar-refractivity contribution >= 4 is 5.91 Å². The average Bonchev–Trinajstić information content (AvgIpc) is 2.22. The highest BCUT2D eigenvalue weighted by molar-refractivity contribution is 5.80. The normalized spacial score (nSPS) is 13.8. The van der Waals surface area contributed by atoms with Crippen molar-refractivity contribution in [3.63, 3.8) is 0 Å². The molecule has 0 saturated heterocycles. The highest BCUT2D eigenvalue weighted by Crippen LogP contribution is 2.17. The van der Waals surface area contributed by atoms with E-state index in [0.717, 1.165) is 13.0 Å². The smallest absolute Gasteiger partial charge is 0.225 e. The van der Waals surface area contributed by atoms with Crippen LogP contribution >= 0.6 is 0 Å². The maximum Gasteiger partial charge on any atom is 0.225 e. The third-order valence-electron chi connectivity index (χ3n) is 3.03.